The SMILES string of the molecule is CN(Cc1nccn1C)S(=O)(=O)c1cc(F)ccc1N. The topological polar surface area (TPSA) is 81.2 Å². The molecule has 0 aliphatic heterocycles. The summed E-state index contributed by atoms with van der Waals surface area (Å²) >= 11 is 0. The third-order valence-corrected chi connectivity index (χ3v) is 4.81. The molecule has 0 aliphatic rings. The van der Waals surface area contributed by atoms with E-state index in [0.29, 0.717) is 5.82 Å². The number of hydrogen-bond acceptors (Lipinski definition) is 4. The lowest BCUT2D eigenvalue weighted by atomic mass is 10.3. The number of benzene rings is 1. The van der Waals surface area contributed by atoms with Gasteiger partial charge in [0.1, 0.15) is 16.5 Å². The molecular formula is C12H15FN4O2S. The highest BCUT2D eigenvalue weighted by atomic mass is 32.2. The predicted octanol–water partition coefficient (Wildman–Crippen LogP) is 0.962. The van der Waals surface area contributed by atoms with Crippen LogP contribution < -0.4 is 5.73 Å². The van der Waals surface area contributed by atoms with Crippen molar-refractivity contribution < 1.29 is 12.8 Å². The second-order valence-electron chi connectivity index (χ2n) is 4.40. The molecule has 0 atom stereocenters. The molecule has 0 saturated heterocycles. The van der Waals surface area contributed by atoms with Crippen LogP contribution in [0.25, 0.3) is 0 Å². The van der Waals surface area contributed by atoms with E-state index >= 15 is 0 Å². The molecule has 2 rings (SSSR count). The van der Waals surface area contributed by atoms with Gasteiger partial charge in [-0.2, -0.15) is 4.31 Å². The molecule has 0 aliphatic carbocycles. The van der Waals surface area contributed by atoms with E-state index in [9.17, 15) is 12.8 Å². The van der Waals surface area contributed by atoms with Crippen molar-refractivity contribution in [3.05, 3.63) is 42.2 Å². The average molecular weight is 298 g/mol. The number of aryl methyl sites for hydroxylation is 1. The van der Waals surface area contributed by atoms with Gasteiger partial charge >= 0.3 is 0 Å². The summed E-state index contributed by atoms with van der Waals surface area (Å²) in [6.07, 6.45) is 3.29. The zero-order valence-corrected chi connectivity index (χ0v) is 11.9. The first-order valence-electron chi connectivity index (χ1n) is 5.80. The zero-order chi connectivity index (χ0) is 14.9. The molecule has 2 N–H and O–H groups in total. The highest BCUT2D eigenvalue weighted by Gasteiger charge is 2.25. The lowest BCUT2D eigenvalue weighted by Crippen LogP contribution is -2.28. The van der Waals surface area contributed by atoms with Crippen molar-refractivity contribution >= 4 is 15.7 Å². The number of rotatable bonds is 4. The Balaban J connectivity index is 2.35. The monoisotopic (exact) mass is 298 g/mol. The second-order valence-corrected chi connectivity index (χ2v) is 6.41. The van der Waals surface area contributed by atoms with Gasteiger partial charge in [-0.25, -0.2) is 17.8 Å². The molecule has 20 heavy (non-hydrogen) atoms. The minimum Gasteiger partial charge on any atom is -0.398 e. The lowest BCUT2D eigenvalue weighted by molar-refractivity contribution is 0.451. The van der Waals surface area contributed by atoms with Crippen molar-refractivity contribution in [3.63, 3.8) is 0 Å². The van der Waals surface area contributed by atoms with Crippen LogP contribution in [0.3, 0.4) is 0 Å². The van der Waals surface area contributed by atoms with Gasteiger partial charge in [0.25, 0.3) is 0 Å². The van der Waals surface area contributed by atoms with Gasteiger partial charge in [-0.15, -0.1) is 0 Å². The van der Waals surface area contributed by atoms with Crippen molar-refractivity contribution in [1.29, 1.82) is 0 Å². The van der Waals surface area contributed by atoms with Crippen molar-refractivity contribution in [2.75, 3.05) is 12.8 Å². The first kappa shape index (κ1) is 14.5. The number of hydrogen-bond donors (Lipinski definition) is 1. The maximum atomic E-state index is 13.2. The number of halogens is 1. The fourth-order valence-electron chi connectivity index (χ4n) is 1.73. The van der Waals surface area contributed by atoms with E-state index in [-0.39, 0.29) is 17.1 Å². The molecule has 8 heteroatoms. The third kappa shape index (κ3) is 2.66. The molecule has 0 saturated carbocycles. The summed E-state index contributed by atoms with van der Waals surface area (Å²) in [5.74, 6) is -0.0748. The van der Waals surface area contributed by atoms with E-state index in [0.717, 1.165) is 16.4 Å². The summed E-state index contributed by atoms with van der Waals surface area (Å²) in [7, 11) is -0.710. The van der Waals surface area contributed by atoms with Crippen molar-refractivity contribution in [2.45, 2.75) is 11.4 Å². The Hall–Kier alpha value is -1.93. The van der Waals surface area contributed by atoms with Crippen molar-refractivity contribution in [2.24, 2.45) is 7.05 Å². The Morgan fingerprint density at radius 2 is 2.15 bits per heavy atom. The summed E-state index contributed by atoms with van der Waals surface area (Å²) in [6, 6.07) is 3.27. The Morgan fingerprint density at radius 3 is 2.75 bits per heavy atom. The van der Waals surface area contributed by atoms with E-state index in [1.54, 1.807) is 24.0 Å². The van der Waals surface area contributed by atoms with Gasteiger partial charge in [0, 0.05) is 26.5 Å². The molecule has 0 spiro atoms. The molecule has 0 radical (unpaired) electrons. The van der Waals surface area contributed by atoms with Gasteiger partial charge < -0.3 is 10.3 Å². The van der Waals surface area contributed by atoms with Crippen LogP contribution in [0.5, 0.6) is 0 Å². The minimum absolute atomic E-state index is 0.0121. The zero-order valence-electron chi connectivity index (χ0n) is 11.1. The molecule has 0 bridgehead atoms. The summed E-state index contributed by atoms with van der Waals surface area (Å²) in [6.45, 7) is 0.0712. The van der Waals surface area contributed by atoms with Gasteiger partial charge in [-0.05, 0) is 18.2 Å². The van der Waals surface area contributed by atoms with Crippen LogP contribution in [0.1, 0.15) is 5.82 Å². The van der Waals surface area contributed by atoms with Crippen molar-refractivity contribution in [3.8, 4) is 0 Å². The van der Waals surface area contributed by atoms with E-state index in [1.807, 2.05) is 0 Å². The maximum Gasteiger partial charge on any atom is 0.245 e. The number of sulfonamides is 1. The van der Waals surface area contributed by atoms with Crippen LogP contribution in [0.2, 0.25) is 0 Å². The fourth-order valence-corrected chi connectivity index (χ4v) is 2.98. The van der Waals surface area contributed by atoms with Crippen LogP contribution in [0.15, 0.2) is 35.5 Å². The Labute approximate surface area is 116 Å². The van der Waals surface area contributed by atoms with Gasteiger partial charge in [0.15, 0.2) is 0 Å². The number of nitrogens with zero attached hydrogens (tertiary/aromatic N) is 3. The number of aromatic nitrogens is 2. The standard InChI is InChI=1S/C12H15FN4O2S/c1-16-6-5-15-12(16)8-17(2)20(18,19)11-7-9(13)3-4-10(11)14/h3-7H,8,14H2,1-2H3. The molecule has 1 heterocycles. The largest absolute Gasteiger partial charge is 0.398 e. The first-order valence-corrected chi connectivity index (χ1v) is 7.24. The van der Waals surface area contributed by atoms with E-state index in [1.165, 1.54) is 13.1 Å². The predicted molar refractivity (Wildman–Crippen MR) is 72.7 cm³/mol. The van der Waals surface area contributed by atoms with Gasteiger partial charge in [-0.3, -0.25) is 0 Å². The number of imidazole rings is 1. The van der Waals surface area contributed by atoms with Gasteiger partial charge in [0.2, 0.25) is 10.0 Å². The number of nitrogen functional groups attached to an aromatic ring is 1. The number of anilines is 1. The van der Waals surface area contributed by atoms with E-state index in [2.05, 4.69) is 4.98 Å². The molecule has 1 aromatic heterocycles. The lowest BCUT2D eigenvalue weighted by Gasteiger charge is -2.18. The Bertz CT molecular complexity index is 727. The molecule has 108 valence electrons. The highest BCUT2D eigenvalue weighted by Crippen LogP contribution is 2.23. The van der Waals surface area contributed by atoms with E-state index in [4.69, 9.17) is 5.73 Å². The Morgan fingerprint density at radius 1 is 1.45 bits per heavy atom. The van der Waals surface area contributed by atoms with Gasteiger partial charge in [-0.1, -0.05) is 0 Å². The smallest absolute Gasteiger partial charge is 0.245 e. The summed E-state index contributed by atoms with van der Waals surface area (Å²) in [5, 5.41) is 0. The molecular weight excluding hydrogens is 283 g/mol. The van der Waals surface area contributed by atoms with Crippen LogP contribution in [0.4, 0.5) is 10.1 Å². The summed E-state index contributed by atoms with van der Waals surface area (Å²) in [5.41, 5.74) is 5.64. The molecule has 0 amide bonds. The van der Waals surface area contributed by atoms with E-state index < -0.39 is 15.8 Å². The normalized spacial score (nSPS) is 12.0. The highest BCUT2D eigenvalue weighted by molar-refractivity contribution is 7.89. The quantitative estimate of drug-likeness (QED) is 0.853. The molecule has 6 nitrogen and oxygen atoms in total. The summed E-state index contributed by atoms with van der Waals surface area (Å²) < 4.78 is 40.8. The molecule has 0 fully saturated rings. The minimum atomic E-state index is -3.87. The van der Waals surface area contributed by atoms with Crippen LogP contribution >= 0.6 is 0 Å². The molecule has 0 unspecified atom stereocenters. The van der Waals surface area contributed by atoms with Gasteiger partial charge in [0.05, 0.1) is 12.2 Å². The second kappa shape index (κ2) is 5.22. The van der Waals surface area contributed by atoms with Crippen LogP contribution in [-0.2, 0) is 23.6 Å². The number of nitrogens with two attached hydrogens (primary N) is 1. The Kier molecular flexibility index (Phi) is 3.78. The maximum absolute atomic E-state index is 13.2. The molecule has 2 aromatic rings. The summed E-state index contributed by atoms with van der Waals surface area (Å²) in [4.78, 5) is 3.81. The first-order chi connectivity index (χ1) is 9.32. The van der Waals surface area contributed by atoms with Crippen LogP contribution in [-0.4, -0.2) is 29.3 Å². The average Bonchev–Trinajstić information content (AvgIpc) is 2.78. The van der Waals surface area contributed by atoms with Crippen molar-refractivity contribution in [1.82, 2.24) is 13.9 Å². The fraction of sp³-hybridized carbons (Fsp3) is 0.250. The van der Waals surface area contributed by atoms with Crippen LogP contribution in [0, 0.1) is 5.82 Å². The third-order valence-electron chi connectivity index (χ3n) is 2.95. The molecule has 1 aromatic carbocycles.